The van der Waals surface area contributed by atoms with Gasteiger partial charge in [-0.25, -0.2) is 0 Å². The molecule has 3 nitrogen and oxygen atoms in total. The maximum absolute atomic E-state index is 10.5. The van der Waals surface area contributed by atoms with Crippen LogP contribution in [0.5, 0.6) is 0 Å². The van der Waals surface area contributed by atoms with Crippen LogP contribution in [0, 0.1) is 22.0 Å². The molecule has 1 aromatic carbocycles. The quantitative estimate of drug-likeness (QED) is 0.466. The van der Waals surface area contributed by atoms with Crippen LogP contribution in [0.25, 0.3) is 6.08 Å². The highest BCUT2D eigenvalue weighted by atomic mass is 32.1. The van der Waals surface area contributed by atoms with Gasteiger partial charge < -0.3 is 0 Å². The first-order valence-corrected chi connectivity index (χ1v) is 5.99. The minimum Gasteiger partial charge on any atom is -0.258 e. The Balaban J connectivity index is 2.19. The predicted octanol–water partition coefficient (Wildman–Crippen LogP) is 3.70. The van der Waals surface area contributed by atoms with E-state index in [2.05, 4.69) is 18.4 Å². The van der Waals surface area contributed by atoms with Crippen LogP contribution in [0.3, 0.4) is 0 Å². The minimum absolute atomic E-state index is 0.112. The van der Waals surface area contributed by atoms with Gasteiger partial charge in [0, 0.05) is 11.6 Å². The summed E-state index contributed by atoms with van der Waals surface area (Å²) in [5.41, 5.74) is 1.91. The molecule has 2 aromatic rings. The summed E-state index contributed by atoms with van der Waals surface area (Å²) in [7, 11) is 0. The standard InChI is InChI=1S/C14H9NO2S/c1-2-11-3-5-12(6-4-11)7-8-13-9-10-14(18-13)15(16)17/h2-6,9-10H,1H2. The molecule has 0 aliphatic rings. The third kappa shape index (κ3) is 2.84. The minimum atomic E-state index is -0.408. The van der Waals surface area contributed by atoms with Crippen molar-refractivity contribution in [1.29, 1.82) is 0 Å². The van der Waals surface area contributed by atoms with E-state index >= 15 is 0 Å². The fourth-order valence-corrected chi connectivity index (χ4v) is 2.00. The molecule has 0 saturated carbocycles. The van der Waals surface area contributed by atoms with Crippen molar-refractivity contribution in [2.75, 3.05) is 0 Å². The summed E-state index contributed by atoms with van der Waals surface area (Å²) in [4.78, 5) is 10.8. The van der Waals surface area contributed by atoms with Crippen LogP contribution in [0.4, 0.5) is 5.00 Å². The Hall–Kier alpha value is -2.38. The van der Waals surface area contributed by atoms with Gasteiger partial charge >= 0.3 is 5.00 Å². The predicted molar refractivity (Wildman–Crippen MR) is 73.5 cm³/mol. The molecule has 1 aromatic heterocycles. The van der Waals surface area contributed by atoms with E-state index in [1.807, 2.05) is 24.3 Å². The van der Waals surface area contributed by atoms with Crippen molar-refractivity contribution in [3.63, 3.8) is 0 Å². The monoisotopic (exact) mass is 255 g/mol. The first-order valence-electron chi connectivity index (χ1n) is 5.18. The molecular formula is C14H9NO2S. The second kappa shape index (κ2) is 5.30. The van der Waals surface area contributed by atoms with Gasteiger partial charge in [-0.1, -0.05) is 48.0 Å². The van der Waals surface area contributed by atoms with E-state index in [1.165, 1.54) is 6.07 Å². The molecule has 0 aliphatic carbocycles. The second-order valence-corrected chi connectivity index (χ2v) is 4.53. The van der Waals surface area contributed by atoms with Crippen molar-refractivity contribution in [3.8, 4) is 11.8 Å². The van der Waals surface area contributed by atoms with Gasteiger partial charge in [0.2, 0.25) is 0 Å². The number of hydrogen-bond acceptors (Lipinski definition) is 3. The summed E-state index contributed by atoms with van der Waals surface area (Å²) >= 11 is 1.08. The maximum Gasteiger partial charge on any atom is 0.325 e. The maximum atomic E-state index is 10.5. The molecule has 1 heterocycles. The zero-order chi connectivity index (χ0) is 13.0. The molecule has 0 N–H and O–H groups in total. The van der Waals surface area contributed by atoms with Gasteiger partial charge in [-0.05, 0) is 23.8 Å². The van der Waals surface area contributed by atoms with Crippen molar-refractivity contribution >= 4 is 22.4 Å². The highest BCUT2D eigenvalue weighted by Gasteiger charge is 2.07. The number of hydrogen-bond donors (Lipinski definition) is 0. The molecule has 0 fully saturated rings. The Morgan fingerprint density at radius 3 is 2.44 bits per heavy atom. The molecule has 0 radical (unpaired) electrons. The third-order valence-corrected chi connectivity index (χ3v) is 3.20. The SMILES string of the molecule is C=Cc1ccc(C#Cc2ccc([N+](=O)[O-])s2)cc1. The number of nitro groups is 1. The van der Waals surface area contributed by atoms with Crippen LogP contribution >= 0.6 is 11.3 Å². The van der Waals surface area contributed by atoms with Crippen molar-refractivity contribution in [3.05, 3.63) is 69.1 Å². The topological polar surface area (TPSA) is 43.1 Å². The van der Waals surface area contributed by atoms with Gasteiger partial charge in [-0.15, -0.1) is 0 Å². The second-order valence-electron chi connectivity index (χ2n) is 3.47. The lowest BCUT2D eigenvalue weighted by molar-refractivity contribution is -0.380. The van der Waals surface area contributed by atoms with Gasteiger partial charge in [0.25, 0.3) is 0 Å². The summed E-state index contributed by atoms with van der Waals surface area (Å²) in [5, 5.41) is 10.6. The molecule has 0 aliphatic heterocycles. The van der Waals surface area contributed by atoms with E-state index in [-0.39, 0.29) is 5.00 Å². The fraction of sp³-hybridized carbons (Fsp3) is 0. The fourth-order valence-electron chi connectivity index (χ4n) is 1.33. The zero-order valence-electron chi connectivity index (χ0n) is 9.42. The molecule has 0 atom stereocenters. The molecule has 0 bridgehead atoms. The molecule has 0 amide bonds. The van der Waals surface area contributed by atoms with Gasteiger partial charge in [-0.3, -0.25) is 10.1 Å². The highest BCUT2D eigenvalue weighted by molar-refractivity contribution is 7.15. The van der Waals surface area contributed by atoms with Gasteiger partial charge in [-0.2, -0.15) is 0 Å². The van der Waals surface area contributed by atoms with Crippen molar-refractivity contribution in [2.45, 2.75) is 0 Å². The van der Waals surface area contributed by atoms with E-state index in [4.69, 9.17) is 0 Å². The smallest absolute Gasteiger partial charge is 0.258 e. The van der Waals surface area contributed by atoms with Crippen LogP contribution in [0.15, 0.2) is 43.0 Å². The first-order chi connectivity index (χ1) is 8.69. The number of nitrogens with zero attached hydrogens (tertiary/aromatic N) is 1. The number of thiophene rings is 1. The van der Waals surface area contributed by atoms with Crippen LogP contribution in [0.1, 0.15) is 16.0 Å². The Bertz CT molecular complexity index is 644. The summed E-state index contributed by atoms with van der Waals surface area (Å²) in [6.07, 6.45) is 1.76. The summed E-state index contributed by atoms with van der Waals surface area (Å²) < 4.78 is 0. The molecule has 0 saturated heterocycles. The Morgan fingerprint density at radius 2 is 1.89 bits per heavy atom. The Kier molecular flexibility index (Phi) is 3.56. The summed E-state index contributed by atoms with van der Waals surface area (Å²) in [6.45, 7) is 3.68. The van der Waals surface area contributed by atoms with Crippen molar-refractivity contribution < 1.29 is 4.92 Å². The highest BCUT2D eigenvalue weighted by Crippen LogP contribution is 2.22. The lowest BCUT2D eigenvalue weighted by Gasteiger charge is -1.91. The summed E-state index contributed by atoms with van der Waals surface area (Å²) in [6, 6.07) is 10.8. The van der Waals surface area contributed by atoms with Crippen LogP contribution < -0.4 is 0 Å². The lowest BCUT2D eigenvalue weighted by Crippen LogP contribution is -1.80. The molecule has 0 spiro atoms. The van der Waals surface area contributed by atoms with Gasteiger partial charge in [0.15, 0.2) is 0 Å². The van der Waals surface area contributed by atoms with Crippen LogP contribution in [0.2, 0.25) is 0 Å². The summed E-state index contributed by atoms with van der Waals surface area (Å²) in [5.74, 6) is 5.88. The zero-order valence-corrected chi connectivity index (χ0v) is 10.2. The Morgan fingerprint density at radius 1 is 1.17 bits per heavy atom. The van der Waals surface area contributed by atoms with E-state index in [0.29, 0.717) is 4.88 Å². The van der Waals surface area contributed by atoms with Crippen LogP contribution in [-0.4, -0.2) is 4.92 Å². The average Bonchev–Trinajstić information content (AvgIpc) is 2.86. The molecule has 4 heteroatoms. The van der Waals surface area contributed by atoms with E-state index in [0.717, 1.165) is 22.5 Å². The molecular weight excluding hydrogens is 246 g/mol. The lowest BCUT2D eigenvalue weighted by atomic mass is 10.1. The average molecular weight is 255 g/mol. The van der Waals surface area contributed by atoms with Crippen molar-refractivity contribution in [2.24, 2.45) is 0 Å². The third-order valence-electron chi connectivity index (χ3n) is 2.25. The van der Waals surface area contributed by atoms with Gasteiger partial charge in [0.05, 0.1) is 9.80 Å². The number of benzene rings is 1. The van der Waals surface area contributed by atoms with Crippen LogP contribution in [-0.2, 0) is 0 Å². The molecule has 2 rings (SSSR count). The molecule has 88 valence electrons. The van der Waals surface area contributed by atoms with E-state index < -0.39 is 4.92 Å². The van der Waals surface area contributed by atoms with Gasteiger partial charge in [0.1, 0.15) is 0 Å². The Labute approximate surface area is 109 Å². The first kappa shape index (κ1) is 12.1. The normalized spacial score (nSPS) is 9.33. The number of rotatable bonds is 2. The molecule has 18 heavy (non-hydrogen) atoms. The largest absolute Gasteiger partial charge is 0.325 e. The molecule has 0 unspecified atom stereocenters. The van der Waals surface area contributed by atoms with E-state index in [9.17, 15) is 10.1 Å². The van der Waals surface area contributed by atoms with Crippen molar-refractivity contribution in [1.82, 2.24) is 0 Å². The van der Waals surface area contributed by atoms with E-state index in [1.54, 1.807) is 12.1 Å².